The number of hydrogen-bond acceptors (Lipinski definition) is 1. The van der Waals surface area contributed by atoms with E-state index >= 15 is 0 Å². The van der Waals surface area contributed by atoms with Crippen LogP contribution < -0.4 is 4.90 Å². The zero-order valence-corrected chi connectivity index (χ0v) is 17.7. The highest BCUT2D eigenvalue weighted by atomic mass is 15.1. The first-order valence-corrected chi connectivity index (χ1v) is 10.6. The molecule has 152 valence electrons. The van der Waals surface area contributed by atoms with Gasteiger partial charge in [-0.05, 0) is 22.3 Å². The van der Waals surface area contributed by atoms with Crippen LogP contribution in [0.4, 0.5) is 5.69 Å². The Balaban J connectivity index is 2.10. The molecule has 0 spiro atoms. The molecule has 4 aromatic rings. The van der Waals surface area contributed by atoms with E-state index in [0.717, 1.165) is 13.1 Å². The standard InChI is InChI=1S/C30H27N/c1-3-22-31(23-4-2)30-28(25-16-10-6-11-17-25)21-20-27(24-14-8-5-9-15-24)29(30)26-18-12-7-13-19-26/h3-21H,1-2,22-23H2. The van der Waals surface area contributed by atoms with Crippen LogP contribution in [0.15, 0.2) is 128 Å². The topological polar surface area (TPSA) is 3.24 Å². The van der Waals surface area contributed by atoms with Crippen molar-refractivity contribution < 1.29 is 0 Å². The maximum atomic E-state index is 4.02. The molecule has 0 fully saturated rings. The van der Waals surface area contributed by atoms with E-state index in [2.05, 4.69) is 121 Å². The second kappa shape index (κ2) is 9.77. The number of benzene rings is 4. The van der Waals surface area contributed by atoms with E-state index in [1.807, 2.05) is 12.2 Å². The van der Waals surface area contributed by atoms with Crippen LogP contribution in [0.2, 0.25) is 0 Å². The van der Waals surface area contributed by atoms with Crippen molar-refractivity contribution in [2.45, 2.75) is 0 Å². The van der Waals surface area contributed by atoms with E-state index in [4.69, 9.17) is 0 Å². The Labute approximate surface area is 185 Å². The third-order valence-corrected chi connectivity index (χ3v) is 5.43. The molecule has 0 aromatic heterocycles. The smallest absolute Gasteiger partial charge is 0.0537 e. The molecular weight excluding hydrogens is 374 g/mol. The van der Waals surface area contributed by atoms with Gasteiger partial charge < -0.3 is 4.90 Å². The predicted octanol–water partition coefficient (Wildman–Crippen LogP) is 7.87. The summed E-state index contributed by atoms with van der Waals surface area (Å²) in [5.41, 5.74) is 8.48. The Kier molecular flexibility index (Phi) is 6.44. The minimum Gasteiger partial charge on any atom is -0.363 e. The van der Waals surface area contributed by atoms with Gasteiger partial charge in [0.25, 0.3) is 0 Å². The molecule has 0 bridgehead atoms. The van der Waals surface area contributed by atoms with Crippen LogP contribution in [-0.4, -0.2) is 13.1 Å². The van der Waals surface area contributed by atoms with Gasteiger partial charge >= 0.3 is 0 Å². The van der Waals surface area contributed by atoms with Gasteiger partial charge in [0.15, 0.2) is 0 Å². The molecule has 31 heavy (non-hydrogen) atoms. The fourth-order valence-electron chi connectivity index (χ4n) is 4.09. The molecule has 0 aliphatic carbocycles. The molecule has 0 saturated carbocycles. The van der Waals surface area contributed by atoms with Gasteiger partial charge in [0, 0.05) is 24.2 Å². The lowest BCUT2D eigenvalue weighted by Gasteiger charge is -2.30. The molecule has 4 rings (SSSR count). The van der Waals surface area contributed by atoms with Crippen molar-refractivity contribution >= 4 is 5.69 Å². The first-order valence-electron chi connectivity index (χ1n) is 10.6. The lowest BCUT2D eigenvalue weighted by Crippen LogP contribution is -2.24. The van der Waals surface area contributed by atoms with Crippen LogP contribution in [-0.2, 0) is 0 Å². The number of nitrogens with zero attached hydrogens (tertiary/aromatic N) is 1. The molecule has 1 nitrogen and oxygen atoms in total. The summed E-state index contributed by atoms with van der Waals surface area (Å²) in [5.74, 6) is 0. The van der Waals surface area contributed by atoms with Gasteiger partial charge in [0.1, 0.15) is 0 Å². The summed E-state index contributed by atoms with van der Waals surface area (Å²) >= 11 is 0. The Morgan fingerprint density at radius 1 is 0.516 bits per heavy atom. The Hall–Kier alpha value is -3.84. The lowest BCUT2D eigenvalue weighted by molar-refractivity contribution is 0.959. The zero-order valence-electron chi connectivity index (χ0n) is 17.7. The quantitative estimate of drug-likeness (QED) is 0.272. The van der Waals surface area contributed by atoms with Crippen molar-refractivity contribution in [3.63, 3.8) is 0 Å². The third-order valence-electron chi connectivity index (χ3n) is 5.43. The molecule has 0 aliphatic rings. The summed E-state index contributed by atoms with van der Waals surface area (Å²) in [7, 11) is 0. The monoisotopic (exact) mass is 401 g/mol. The second-order valence-corrected chi connectivity index (χ2v) is 7.46. The molecule has 0 aliphatic heterocycles. The SMILES string of the molecule is C=CCN(CC=C)c1c(-c2ccccc2)ccc(-c2ccccc2)c1-c1ccccc1. The van der Waals surface area contributed by atoms with Gasteiger partial charge in [-0.15, -0.1) is 13.2 Å². The largest absolute Gasteiger partial charge is 0.363 e. The van der Waals surface area contributed by atoms with Crippen molar-refractivity contribution in [1.29, 1.82) is 0 Å². The number of hydrogen-bond donors (Lipinski definition) is 0. The first-order chi connectivity index (χ1) is 15.3. The summed E-state index contributed by atoms with van der Waals surface area (Å²) in [6, 6.07) is 36.4. The molecule has 1 heteroatoms. The van der Waals surface area contributed by atoms with Crippen LogP contribution >= 0.6 is 0 Å². The van der Waals surface area contributed by atoms with Gasteiger partial charge in [0.2, 0.25) is 0 Å². The normalized spacial score (nSPS) is 10.5. The minimum absolute atomic E-state index is 0.740. The first kappa shape index (κ1) is 20.4. The highest BCUT2D eigenvalue weighted by Crippen LogP contribution is 2.45. The van der Waals surface area contributed by atoms with E-state index in [1.54, 1.807) is 0 Å². The van der Waals surface area contributed by atoms with Crippen LogP contribution in [0.1, 0.15) is 0 Å². The molecular formula is C30H27N. The highest BCUT2D eigenvalue weighted by Gasteiger charge is 2.21. The molecule has 0 atom stereocenters. The fraction of sp³-hybridized carbons (Fsp3) is 0.0667. The van der Waals surface area contributed by atoms with Crippen molar-refractivity contribution in [3.8, 4) is 33.4 Å². The van der Waals surface area contributed by atoms with Gasteiger partial charge in [-0.2, -0.15) is 0 Å². The number of rotatable bonds is 8. The van der Waals surface area contributed by atoms with E-state index in [1.165, 1.54) is 39.1 Å². The highest BCUT2D eigenvalue weighted by molar-refractivity contribution is 5.99. The summed E-state index contributed by atoms with van der Waals surface area (Å²) in [6.07, 6.45) is 3.92. The van der Waals surface area contributed by atoms with Crippen LogP contribution in [0, 0.1) is 0 Å². The van der Waals surface area contributed by atoms with Gasteiger partial charge in [-0.25, -0.2) is 0 Å². The molecule has 4 aromatic carbocycles. The molecule has 0 radical (unpaired) electrons. The maximum Gasteiger partial charge on any atom is 0.0537 e. The molecule has 0 heterocycles. The van der Waals surface area contributed by atoms with Gasteiger partial charge in [-0.1, -0.05) is 115 Å². The molecule has 0 saturated heterocycles. The van der Waals surface area contributed by atoms with Crippen molar-refractivity contribution in [2.75, 3.05) is 18.0 Å². The van der Waals surface area contributed by atoms with Crippen molar-refractivity contribution in [1.82, 2.24) is 0 Å². The van der Waals surface area contributed by atoms with Crippen LogP contribution in [0.5, 0.6) is 0 Å². The van der Waals surface area contributed by atoms with E-state index in [-0.39, 0.29) is 0 Å². The second-order valence-electron chi connectivity index (χ2n) is 7.46. The Morgan fingerprint density at radius 2 is 0.935 bits per heavy atom. The summed E-state index contributed by atoms with van der Waals surface area (Å²) < 4.78 is 0. The zero-order chi connectivity index (χ0) is 21.5. The fourth-order valence-corrected chi connectivity index (χ4v) is 4.09. The average molecular weight is 402 g/mol. The minimum atomic E-state index is 0.740. The Morgan fingerprint density at radius 3 is 1.42 bits per heavy atom. The van der Waals surface area contributed by atoms with E-state index in [9.17, 15) is 0 Å². The van der Waals surface area contributed by atoms with Crippen molar-refractivity contribution in [3.05, 3.63) is 128 Å². The number of anilines is 1. The van der Waals surface area contributed by atoms with Crippen LogP contribution in [0.25, 0.3) is 33.4 Å². The molecule has 0 amide bonds. The predicted molar refractivity (Wildman–Crippen MR) is 135 cm³/mol. The third kappa shape index (κ3) is 4.36. The lowest BCUT2D eigenvalue weighted by atomic mass is 9.88. The molecule has 0 unspecified atom stereocenters. The van der Waals surface area contributed by atoms with Gasteiger partial charge in [-0.3, -0.25) is 0 Å². The van der Waals surface area contributed by atoms with Crippen molar-refractivity contribution in [2.24, 2.45) is 0 Å². The van der Waals surface area contributed by atoms with Gasteiger partial charge in [0.05, 0.1) is 5.69 Å². The Bertz CT molecular complexity index is 1140. The van der Waals surface area contributed by atoms with E-state index in [0.29, 0.717) is 0 Å². The maximum absolute atomic E-state index is 4.02. The molecule has 0 N–H and O–H groups in total. The average Bonchev–Trinajstić information content (AvgIpc) is 2.84. The summed E-state index contributed by atoms with van der Waals surface area (Å²) in [5, 5.41) is 0. The summed E-state index contributed by atoms with van der Waals surface area (Å²) in [6.45, 7) is 9.52. The van der Waals surface area contributed by atoms with E-state index < -0.39 is 0 Å². The summed E-state index contributed by atoms with van der Waals surface area (Å²) in [4.78, 5) is 2.36. The van der Waals surface area contributed by atoms with Crippen LogP contribution in [0.3, 0.4) is 0 Å².